The lowest BCUT2D eigenvalue weighted by Crippen LogP contribution is -1.95. The van der Waals surface area contributed by atoms with Gasteiger partial charge in [0.1, 0.15) is 5.82 Å². The van der Waals surface area contributed by atoms with Gasteiger partial charge in [0.05, 0.1) is 12.8 Å². The number of phenolic OH excluding ortho intramolecular Hbond substituents is 1. The van der Waals surface area contributed by atoms with E-state index in [-0.39, 0.29) is 5.75 Å². The second-order valence-electron chi connectivity index (χ2n) is 3.75. The van der Waals surface area contributed by atoms with Gasteiger partial charge in [-0.25, -0.2) is 4.98 Å². The third-order valence-electron chi connectivity index (χ3n) is 2.34. The van der Waals surface area contributed by atoms with Gasteiger partial charge in [-0.1, -0.05) is 6.07 Å². The van der Waals surface area contributed by atoms with Crippen molar-refractivity contribution in [1.82, 2.24) is 4.98 Å². The summed E-state index contributed by atoms with van der Waals surface area (Å²) in [5.74, 6) is 1.24. The van der Waals surface area contributed by atoms with Gasteiger partial charge in [-0.15, -0.1) is 0 Å². The Hall–Kier alpha value is -2.56. The van der Waals surface area contributed by atoms with Gasteiger partial charge in [0.25, 0.3) is 0 Å². The highest BCUT2D eigenvalue weighted by Crippen LogP contribution is 2.26. The summed E-state index contributed by atoms with van der Waals surface area (Å²) in [7, 11) is 0. The predicted octanol–water partition coefficient (Wildman–Crippen LogP) is 2.63. The Morgan fingerprint density at radius 2 is 2.26 bits per heavy atom. The maximum atomic E-state index is 9.57. The number of nitrogens with one attached hydrogen (secondary N) is 1. The van der Waals surface area contributed by atoms with E-state index in [1.54, 1.807) is 30.6 Å². The maximum Gasteiger partial charge on any atom is 0.161 e. The Morgan fingerprint density at radius 1 is 1.37 bits per heavy atom. The van der Waals surface area contributed by atoms with Crippen molar-refractivity contribution in [2.45, 2.75) is 6.92 Å². The molecule has 98 valence electrons. The molecule has 0 aliphatic carbocycles. The zero-order chi connectivity index (χ0) is 13.5. The number of rotatable bonds is 5. The number of ether oxygens (including phenoxy) is 1. The van der Waals surface area contributed by atoms with Gasteiger partial charge in [-0.2, -0.15) is 5.10 Å². The molecule has 0 saturated carbocycles. The SMILES string of the molecule is CCOc1cc(/C=N/Nc2ccccn2)ccc1O. The minimum atomic E-state index is 0.122. The second kappa shape index (κ2) is 6.39. The van der Waals surface area contributed by atoms with E-state index < -0.39 is 0 Å². The zero-order valence-electron chi connectivity index (χ0n) is 10.6. The molecule has 2 rings (SSSR count). The van der Waals surface area contributed by atoms with Crippen molar-refractivity contribution in [1.29, 1.82) is 0 Å². The Kier molecular flexibility index (Phi) is 4.34. The van der Waals surface area contributed by atoms with Crippen molar-refractivity contribution >= 4 is 12.0 Å². The van der Waals surface area contributed by atoms with Crippen molar-refractivity contribution in [3.8, 4) is 11.5 Å². The molecular weight excluding hydrogens is 242 g/mol. The van der Waals surface area contributed by atoms with Crippen LogP contribution in [0.1, 0.15) is 12.5 Å². The minimum Gasteiger partial charge on any atom is -0.504 e. The standard InChI is InChI=1S/C14H15N3O2/c1-2-19-13-9-11(6-7-12(13)18)10-16-17-14-5-3-4-8-15-14/h3-10,18H,2H2,1H3,(H,15,17)/b16-10+. The van der Waals surface area contributed by atoms with Crippen LogP contribution in [0, 0.1) is 0 Å². The molecule has 0 unspecified atom stereocenters. The Morgan fingerprint density at radius 3 is 3.00 bits per heavy atom. The molecule has 1 aromatic heterocycles. The smallest absolute Gasteiger partial charge is 0.161 e. The normalized spacial score (nSPS) is 10.6. The molecule has 2 aromatic rings. The van der Waals surface area contributed by atoms with Crippen molar-refractivity contribution in [2.24, 2.45) is 5.10 Å². The number of nitrogens with zero attached hydrogens (tertiary/aromatic N) is 2. The molecule has 5 nitrogen and oxygen atoms in total. The molecule has 0 aliphatic heterocycles. The van der Waals surface area contributed by atoms with Crippen LogP contribution in [-0.4, -0.2) is 22.9 Å². The molecule has 19 heavy (non-hydrogen) atoms. The van der Waals surface area contributed by atoms with E-state index in [1.165, 1.54) is 0 Å². The molecule has 1 heterocycles. The first-order chi connectivity index (χ1) is 9.29. The quantitative estimate of drug-likeness (QED) is 0.638. The van der Waals surface area contributed by atoms with E-state index in [0.29, 0.717) is 18.2 Å². The average molecular weight is 257 g/mol. The largest absolute Gasteiger partial charge is 0.504 e. The fraction of sp³-hybridized carbons (Fsp3) is 0.143. The van der Waals surface area contributed by atoms with Crippen molar-refractivity contribution in [2.75, 3.05) is 12.0 Å². The van der Waals surface area contributed by atoms with E-state index >= 15 is 0 Å². The van der Waals surface area contributed by atoms with Gasteiger partial charge in [0.15, 0.2) is 11.5 Å². The number of phenols is 1. The lowest BCUT2D eigenvalue weighted by molar-refractivity contribution is 0.318. The second-order valence-corrected chi connectivity index (χ2v) is 3.75. The monoisotopic (exact) mass is 257 g/mol. The summed E-state index contributed by atoms with van der Waals surface area (Å²) in [6.45, 7) is 2.36. The third-order valence-corrected chi connectivity index (χ3v) is 2.34. The zero-order valence-corrected chi connectivity index (χ0v) is 10.6. The number of anilines is 1. The fourth-order valence-corrected chi connectivity index (χ4v) is 1.48. The van der Waals surface area contributed by atoms with E-state index in [4.69, 9.17) is 4.74 Å². The van der Waals surface area contributed by atoms with Crippen LogP contribution in [0.3, 0.4) is 0 Å². The lowest BCUT2D eigenvalue weighted by Gasteiger charge is -2.06. The van der Waals surface area contributed by atoms with Crippen molar-refractivity contribution in [3.05, 3.63) is 48.2 Å². The van der Waals surface area contributed by atoms with E-state index in [1.807, 2.05) is 25.1 Å². The molecule has 5 heteroatoms. The first kappa shape index (κ1) is 12.9. The first-order valence-corrected chi connectivity index (χ1v) is 5.95. The van der Waals surface area contributed by atoms with Gasteiger partial charge >= 0.3 is 0 Å². The van der Waals surface area contributed by atoms with E-state index in [0.717, 1.165) is 5.56 Å². The molecule has 0 atom stereocenters. The Bertz CT molecular complexity index is 556. The van der Waals surface area contributed by atoms with Gasteiger partial charge in [-0.05, 0) is 42.8 Å². The molecule has 1 aromatic carbocycles. The molecule has 0 aliphatic rings. The molecule has 0 bridgehead atoms. The summed E-state index contributed by atoms with van der Waals surface area (Å²) in [5.41, 5.74) is 3.64. The summed E-state index contributed by atoms with van der Waals surface area (Å²) >= 11 is 0. The number of hydrazone groups is 1. The number of aromatic hydroxyl groups is 1. The topological polar surface area (TPSA) is 66.7 Å². The molecule has 0 spiro atoms. The maximum absolute atomic E-state index is 9.57. The van der Waals surface area contributed by atoms with Crippen LogP contribution in [0.5, 0.6) is 11.5 Å². The molecule has 0 amide bonds. The molecule has 0 saturated heterocycles. The van der Waals surface area contributed by atoms with Crippen molar-refractivity contribution in [3.63, 3.8) is 0 Å². The number of aromatic nitrogens is 1. The number of benzene rings is 1. The van der Waals surface area contributed by atoms with Crippen LogP contribution in [0.2, 0.25) is 0 Å². The van der Waals surface area contributed by atoms with Gasteiger partial charge < -0.3 is 9.84 Å². The number of pyridine rings is 1. The first-order valence-electron chi connectivity index (χ1n) is 5.95. The average Bonchev–Trinajstić information content (AvgIpc) is 2.44. The Balaban J connectivity index is 2.04. The van der Waals surface area contributed by atoms with Gasteiger partial charge in [0.2, 0.25) is 0 Å². The van der Waals surface area contributed by atoms with Crippen LogP contribution in [0.25, 0.3) is 0 Å². The molecular formula is C14H15N3O2. The molecule has 0 fully saturated rings. The predicted molar refractivity (Wildman–Crippen MR) is 74.7 cm³/mol. The summed E-state index contributed by atoms with van der Waals surface area (Å²) in [4.78, 5) is 4.08. The lowest BCUT2D eigenvalue weighted by atomic mass is 10.2. The fourth-order valence-electron chi connectivity index (χ4n) is 1.48. The summed E-state index contributed by atoms with van der Waals surface area (Å²) in [5, 5.41) is 13.6. The van der Waals surface area contributed by atoms with Crippen LogP contribution < -0.4 is 10.2 Å². The summed E-state index contributed by atoms with van der Waals surface area (Å²) in [6, 6.07) is 10.6. The van der Waals surface area contributed by atoms with Crippen LogP contribution >= 0.6 is 0 Å². The van der Waals surface area contributed by atoms with Crippen molar-refractivity contribution < 1.29 is 9.84 Å². The van der Waals surface area contributed by atoms with Gasteiger partial charge in [-0.3, -0.25) is 5.43 Å². The number of hydrogen-bond donors (Lipinski definition) is 2. The summed E-state index contributed by atoms with van der Waals surface area (Å²) in [6.07, 6.45) is 3.32. The van der Waals surface area contributed by atoms with E-state index in [2.05, 4.69) is 15.5 Å². The van der Waals surface area contributed by atoms with Crippen LogP contribution in [0.15, 0.2) is 47.7 Å². The minimum absolute atomic E-state index is 0.122. The summed E-state index contributed by atoms with van der Waals surface area (Å²) < 4.78 is 5.30. The number of hydrogen-bond acceptors (Lipinski definition) is 5. The van der Waals surface area contributed by atoms with Crippen LogP contribution in [-0.2, 0) is 0 Å². The highest BCUT2D eigenvalue weighted by molar-refractivity contribution is 5.81. The highest BCUT2D eigenvalue weighted by atomic mass is 16.5. The van der Waals surface area contributed by atoms with E-state index in [9.17, 15) is 5.11 Å². The third kappa shape index (κ3) is 3.70. The molecule has 0 radical (unpaired) electrons. The molecule has 2 N–H and O–H groups in total. The Labute approximate surface area is 111 Å². The van der Waals surface area contributed by atoms with Gasteiger partial charge in [0, 0.05) is 6.20 Å². The van der Waals surface area contributed by atoms with Crippen LogP contribution in [0.4, 0.5) is 5.82 Å². The highest BCUT2D eigenvalue weighted by Gasteiger charge is 2.01.